The van der Waals surface area contributed by atoms with Crippen molar-refractivity contribution in [3.63, 3.8) is 0 Å². The van der Waals surface area contributed by atoms with Crippen LogP contribution in [0.25, 0.3) is 5.69 Å². The SMILES string of the molecule is COc1ccc(-n2c(SCC(=O)N3CCCCCC3)nc3c(c2=O)SC(C)C3)cc1. The first-order valence-electron chi connectivity index (χ1n) is 10.4. The largest absolute Gasteiger partial charge is 0.497 e. The van der Waals surface area contributed by atoms with Gasteiger partial charge in [-0.2, -0.15) is 0 Å². The highest BCUT2D eigenvalue weighted by Crippen LogP contribution is 2.35. The Balaban J connectivity index is 1.64. The van der Waals surface area contributed by atoms with Crippen molar-refractivity contribution in [3.05, 3.63) is 40.3 Å². The number of nitrogens with zero attached hydrogens (tertiary/aromatic N) is 3. The number of thioether (sulfide) groups is 2. The van der Waals surface area contributed by atoms with Crippen LogP contribution in [0.5, 0.6) is 5.75 Å². The first-order valence-corrected chi connectivity index (χ1v) is 12.3. The smallest absolute Gasteiger partial charge is 0.272 e. The van der Waals surface area contributed by atoms with Crippen LogP contribution in [0.1, 0.15) is 38.3 Å². The molecule has 0 N–H and O–H groups in total. The molecular formula is C22H27N3O3S2. The summed E-state index contributed by atoms with van der Waals surface area (Å²) in [5, 5.41) is 0.922. The lowest BCUT2D eigenvalue weighted by atomic mass is 10.2. The summed E-state index contributed by atoms with van der Waals surface area (Å²) in [4.78, 5) is 33.6. The lowest BCUT2D eigenvalue weighted by Crippen LogP contribution is -2.33. The van der Waals surface area contributed by atoms with Crippen molar-refractivity contribution in [2.24, 2.45) is 0 Å². The van der Waals surface area contributed by atoms with Crippen molar-refractivity contribution in [1.82, 2.24) is 14.5 Å². The molecule has 1 atom stereocenters. The lowest BCUT2D eigenvalue weighted by Gasteiger charge is -2.20. The summed E-state index contributed by atoms with van der Waals surface area (Å²) in [6.45, 7) is 3.77. The van der Waals surface area contributed by atoms with E-state index >= 15 is 0 Å². The summed E-state index contributed by atoms with van der Waals surface area (Å²) in [7, 11) is 1.62. The molecule has 160 valence electrons. The molecule has 0 spiro atoms. The molecule has 6 nitrogen and oxygen atoms in total. The van der Waals surface area contributed by atoms with E-state index in [4.69, 9.17) is 9.72 Å². The molecule has 1 aromatic carbocycles. The minimum atomic E-state index is -0.0516. The highest BCUT2D eigenvalue weighted by atomic mass is 32.2. The second kappa shape index (κ2) is 9.47. The standard InChI is InChI=1S/C22H27N3O3S2/c1-15-13-18-20(30-15)21(27)25(16-7-9-17(28-2)10-8-16)22(23-18)29-14-19(26)24-11-5-3-4-6-12-24/h7-10,15H,3-6,11-14H2,1-2H3. The van der Waals surface area contributed by atoms with Gasteiger partial charge in [-0.3, -0.25) is 14.2 Å². The van der Waals surface area contributed by atoms with Gasteiger partial charge in [0.1, 0.15) is 5.75 Å². The second-order valence-electron chi connectivity index (χ2n) is 7.73. The van der Waals surface area contributed by atoms with Crippen LogP contribution < -0.4 is 10.3 Å². The zero-order chi connectivity index (χ0) is 21.1. The molecule has 2 aromatic rings. The fraction of sp³-hybridized carbons (Fsp3) is 0.500. The van der Waals surface area contributed by atoms with E-state index in [1.54, 1.807) is 23.4 Å². The number of aromatic nitrogens is 2. The second-order valence-corrected chi connectivity index (χ2v) is 10.1. The monoisotopic (exact) mass is 445 g/mol. The third-order valence-corrected chi connectivity index (χ3v) is 7.63. The molecule has 1 saturated heterocycles. The molecule has 8 heteroatoms. The molecule has 4 rings (SSSR count). The zero-order valence-electron chi connectivity index (χ0n) is 17.4. The van der Waals surface area contributed by atoms with Crippen LogP contribution >= 0.6 is 23.5 Å². The first-order chi connectivity index (χ1) is 14.6. The third kappa shape index (κ3) is 4.54. The maximum atomic E-state index is 13.3. The molecule has 3 heterocycles. The van der Waals surface area contributed by atoms with E-state index in [0.717, 1.165) is 54.4 Å². The van der Waals surface area contributed by atoms with Crippen LogP contribution in [-0.2, 0) is 11.2 Å². The average molecular weight is 446 g/mol. The van der Waals surface area contributed by atoms with Gasteiger partial charge in [0, 0.05) is 24.8 Å². The molecule has 0 aliphatic carbocycles. The maximum Gasteiger partial charge on any atom is 0.272 e. The number of fused-ring (bicyclic) bond motifs is 1. The molecule has 1 aromatic heterocycles. The van der Waals surface area contributed by atoms with Gasteiger partial charge in [0.15, 0.2) is 5.16 Å². The molecule has 2 aliphatic heterocycles. The zero-order valence-corrected chi connectivity index (χ0v) is 19.1. The van der Waals surface area contributed by atoms with Gasteiger partial charge in [-0.15, -0.1) is 11.8 Å². The van der Waals surface area contributed by atoms with Crippen LogP contribution in [0.3, 0.4) is 0 Å². The van der Waals surface area contributed by atoms with Gasteiger partial charge in [-0.05, 0) is 37.1 Å². The summed E-state index contributed by atoms with van der Waals surface area (Å²) in [6.07, 6.45) is 5.30. The van der Waals surface area contributed by atoms with Gasteiger partial charge >= 0.3 is 0 Å². The van der Waals surface area contributed by atoms with E-state index in [1.807, 2.05) is 29.2 Å². The Morgan fingerprint density at radius 2 is 1.90 bits per heavy atom. The van der Waals surface area contributed by atoms with E-state index in [-0.39, 0.29) is 11.5 Å². The highest BCUT2D eigenvalue weighted by Gasteiger charge is 2.27. The van der Waals surface area contributed by atoms with Gasteiger partial charge in [0.25, 0.3) is 5.56 Å². The Morgan fingerprint density at radius 3 is 2.57 bits per heavy atom. The Bertz CT molecular complexity index is 967. The molecule has 1 fully saturated rings. The predicted molar refractivity (Wildman–Crippen MR) is 121 cm³/mol. The van der Waals surface area contributed by atoms with Gasteiger partial charge in [-0.25, -0.2) is 4.98 Å². The first kappa shape index (κ1) is 21.3. The van der Waals surface area contributed by atoms with Crippen LogP contribution in [0, 0.1) is 0 Å². The van der Waals surface area contributed by atoms with Crippen molar-refractivity contribution in [2.75, 3.05) is 26.0 Å². The van der Waals surface area contributed by atoms with E-state index in [2.05, 4.69) is 6.92 Å². The van der Waals surface area contributed by atoms with Crippen LogP contribution in [0.4, 0.5) is 0 Å². The van der Waals surface area contributed by atoms with Gasteiger partial charge < -0.3 is 9.64 Å². The van der Waals surface area contributed by atoms with E-state index < -0.39 is 0 Å². The molecule has 2 aliphatic rings. The number of hydrogen-bond acceptors (Lipinski definition) is 6. The predicted octanol–water partition coefficient (Wildman–Crippen LogP) is 3.77. The molecule has 0 radical (unpaired) electrons. The van der Waals surface area contributed by atoms with E-state index in [1.165, 1.54) is 24.6 Å². The van der Waals surface area contributed by atoms with E-state index in [9.17, 15) is 9.59 Å². The van der Waals surface area contributed by atoms with Crippen LogP contribution in [0.15, 0.2) is 39.1 Å². The molecular weight excluding hydrogens is 418 g/mol. The third-order valence-electron chi connectivity index (χ3n) is 5.50. The Morgan fingerprint density at radius 1 is 1.20 bits per heavy atom. The molecule has 0 saturated carbocycles. The minimum absolute atomic E-state index is 0.0516. The quantitative estimate of drug-likeness (QED) is 0.516. The summed E-state index contributed by atoms with van der Waals surface area (Å²) >= 11 is 2.95. The number of likely N-dealkylation sites (tertiary alicyclic amines) is 1. The number of methoxy groups -OCH3 is 1. The highest BCUT2D eigenvalue weighted by molar-refractivity contribution is 8.00. The number of carbonyl (C=O) groups is 1. The Hall–Kier alpha value is -1.93. The van der Waals surface area contributed by atoms with Crippen LogP contribution in [0.2, 0.25) is 0 Å². The lowest BCUT2D eigenvalue weighted by molar-refractivity contribution is -0.128. The van der Waals surface area contributed by atoms with Crippen molar-refractivity contribution < 1.29 is 9.53 Å². The molecule has 0 bridgehead atoms. The Kier molecular flexibility index (Phi) is 6.73. The summed E-state index contributed by atoms with van der Waals surface area (Å²) in [6, 6.07) is 7.39. The number of amides is 1. The van der Waals surface area contributed by atoms with Crippen LogP contribution in [-0.4, -0.2) is 51.6 Å². The van der Waals surface area contributed by atoms with Gasteiger partial charge in [-0.1, -0.05) is 31.5 Å². The van der Waals surface area contributed by atoms with Gasteiger partial charge in [0.2, 0.25) is 5.91 Å². The Labute approximate surface area is 185 Å². The maximum absolute atomic E-state index is 13.3. The van der Waals surface area contributed by atoms with Crippen molar-refractivity contribution in [2.45, 2.75) is 54.3 Å². The summed E-state index contributed by atoms with van der Waals surface area (Å²) in [5.74, 6) is 1.15. The van der Waals surface area contributed by atoms with Crippen molar-refractivity contribution in [3.8, 4) is 11.4 Å². The number of rotatable bonds is 5. The number of benzene rings is 1. The molecule has 30 heavy (non-hydrogen) atoms. The number of hydrogen-bond donors (Lipinski definition) is 0. The average Bonchev–Trinajstić information content (AvgIpc) is 2.95. The number of ether oxygens (including phenoxy) is 1. The summed E-state index contributed by atoms with van der Waals surface area (Å²) in [5.41, 5.74) is 1.54. The topological polar surface area (TPSA) is 64.4 Å². The normalized spacial score (nSPS) is 18.7. The summed E-state index contributed by atoms with van der Waals surface area (Å²) < 4.78 is 6.89. The fourth-order valence-electron chi connectivity index (χ4n) is 3.89. The van der Waals surface area contributed by atoms with Gasteiger partial charge in [0.05, 0.1) is 29.1 Å². The van der Waals surface area contributed by atoms with E-state index in [0.29, 0.717) is 16.2 Å². The number of carbonyl (C=O) groups excluding carboxylic acids is 1. The molecule has 1 unspecified atom stereocenters. The van der Waals surface area contributed by atoms with Crippen molar-refractivity contribution >= 4 is 29.4 Å². The minimum Gasteiger partial charge on any atom is -0.497 e. The fourth-order valence-corrected chi connectivity index (χ4v) is 5.92. The molecule has 1 amide bonds. The van der Waals surface area contributed by atoms with Crippen molar-refractivity contribution in [1.29, 1.82) is 0 Å².